The van der Waals surface area contributed by atoms with Crippen molar-refractivity contribution in [2.24, 2.45) is 0 Å². The van der Waals surface area contributed by atoms with Crippen molar-refractivity contribution >= 4 is 11.0 Å². The van der Waals surface area contributed by atoms with Crippen LogP contribution < -0.4 is 0 Å². The van der Waals surface area contributed by atoms with Crippen molar-refractivity contribution in [3.05, 3.63) is 36.2 Å². The van der Waals surface area contributed by atoms with Gasteiger partial charge >= 0.3 is 0 Å². The van der Waals surface area contributed by atoms with Crippen LogP contribution in [0.5, 0.6) is 0 Å². The van der Waals surface area contributed by atoms with Crippen molar-refractivity contribution in [2.45, 2.75) is 6.92 Å². The van der Waals surface area contributed by atoms with Gasteiger partial charge in [0.05, 0.1) is 22.8 Å². The molecule has 0 atom stereocenters. The van der Waals surface area contributed by atoms with Crippen LogP contribution in [-0.4, -0.2) is 20.2 Å². The number of nitrogens with one attached hydrogen (secondary N) is 2. The zero-order chi connectivity index (χ0) is 10.3. The lowest BCUT2D eigenvalue weighted by Crippen LogP contribution is -1.75. The van der Waals surface area contributed by atoms with E-state index in [1.165, 1.54) is 5.56 Å². The van der Waals surface area contributed by atoms with Gasteiger partial charge in [0.2, 0.25) is 0 Å². The Morgan fingerprint density at radius 1 is 1.27 bits per heavy atom. The number of imidazole rings is 1. The quantitative estimate of drug-likeness (QED) is 0.630. The molecule has 0 aliphatic carbocycles. The molecule has 0 unspecified atom stereocenters. The van der Waals surface area contributed by atoms with Crippen LogP contribution in [0.2, 0.25) is 0 Å². The summed E-state index contributed by atoms with van der Waals surface area (Å²) in [5.74, 6) is 0.855. The third-order valence-electron chi connectivity index (χ3n) is 2.49. The molecule has 0 bridgehead atoms. The van der Waals surface area contributed by atoms with E-state index in [2.05, 4.69) is 33.2 Å². The minimum absolute atomic E-state index is 0.855. The van der Waals surface area contributed by atoms with Crippen LogP contribution in [0.25, 0.3) is 22.4 Å². The average molecular weight is 198 g/mol. The van der Waals surface area contributed by atoms with E-state index in [1.807, 2.05) is 18.3 Å². The van der Waals surface area contributed by atoms with Crippen LogP contribution >= 0.6 is 0 Å². The number of benzene rings is 1. The van der Waals surface area contributed by atoms with Crippen molar-refractivity contribution in [1.29, 1.82) is 0 Å². The topological polar surface area (TPSA) is 57.4 Å². The van der Waals surface area contributed by atoms with Gasteiger partial charge in [-0.2, -0.15) is 5.10 Å². The first kappa shape index (κ1) is 8.23. The highest BCUT2D eigenvalue weighted by atomic mass is 15.1. The Morgan fingerprint density at radius 2 is 2.20 bits per heavy atom. The summed E-state index contributed by atoms with van der Waals surface area (Å²) in [6.45, 7) is 2.06. The molecule has 2 aromatic heterocycles. The molecule has 3 aromatic rings. The maximum absolute atomic E-state index is 4.54. The van der Waals surface area contributed by atoms with Crippen LogP contribution in [0.4, 0.5) is 0 Å². The first-order valence-corrected chi connectivity index (χ1v) is 4.79. The smallest absolute Gasteiger partial charge is 0.141 e. The van der Waals surface area contributed by atoms with E-state index in [0.717, 1.165) is 22.4 Å². The molecule has 0 fully saturated rings. The highest BCUT2D eigenvalue weighted by molar-refractivity contribution is 5.81. The van der Waals surface area contributed by atoms with E-state index in [9.17, 15) is 0 Å². The molecule has 0 radical (unpaired) electrons. The van der Waals surface area contributed by atoms with Gasteiger partial charge in [-0.3, -0.25) is 5.10 Å². The number of fused-ring (bicyclic) bond motifs is 1. The fourth-order valence-electron chi connectivity index (χ4n) is 1.69. The van der Waals surface area contributed by atoms with Crippen LogP contribution in [-0.2, 0) is 0 Å². The molecule has 0 saturated carbocycles. The zero-order valence-corrected chi connectivity index (χ0v) is 8.28. The molecule has 0 aliphatic rings. The second kappa shape index (κ2) is 2.95. The molecule has 0 aliphatic heterocycles. The molecule has 2 N–H and O–H groups in total. The fourth-order valence-corrected chi connectivity index (χ4v) is 1.69. The minimum Gasteiger partial charge on any atom is -0.338 e. The van der Waals surface area contributed by atoms with Crippen molar-refractivity contribution < 1.29 is 0 Å². The third-order valence-corrected chi connectivity index (χ3v) is 2.49. The van der Waals surface area contributed by atoms with Gasteiger partial charge in [-0.25, -0.2) is 4.98 Å². The second-order valence-electron chi connectivity index (χ2n) is 3.54. The number of para-hydroxylation sites is 1. The van der Waals surface area contributed by atoms with E-state index in [-0.39, 0.29) is 0 Å². The molecule has 74 valence electrons. The van der Waals surface area contributed by atoms with E-state index >= 15 is 0 Å². The summed E-state index contributed by atoms with van der Waals surface area (Å²) in [5.41, 5.74) is 4.24. The summed E-state index contributed by atoms with van der Waals surface area (Å²) in [5, 5.41) is 6.68. The maximum atomic E-state index is 4.54. The maximum Gasteiger partial charge on any atom is 0.141 e. The molecule has 0 saturated heterocycles. The molecule has 15 heavy (non-hydrogen) atoms. The summed E-state index contributed by atoms with van der Waals surface area (Å²) in [7, 11) is 0. The minimum atomic E-state index is 0.855. The number of H-pyrrole nitrogens is 2. The molecular weight excluding hydrogens is 188 g/mol. The van der Waals surface area contributed by atoms with Crippen LogP contribution in [0.3, 0.4) is 0 Å². The predicted octanol–water partition coefficient (Wildman–Crippen LogP) is 2.26. The second-order valence-corrected chi connectivity index (χ2v) is 3.54. The summed E-state index contributed by atoms with van der Waals surface area (Å²) >= 11 is 0. The largest absolute Gasteiger partial charge is 0.338 e. The van der Waals surface area contributed by atoms with Gasteiger partial charge in [0.15, 0.2) is 0 Å². The van der Waals surface area contributed by atoms with Crippen molar-refractivity contribution in [3.8, 4) is 11.4 Å². The van der Waals surface area contributed by atoms with Gasteiger partial charge < -0.3 is 4.98 Å². The van der Waals surface area contributed by atoms with Crippen LogP contribution in [0.1, 0.15) is 5.56 Å². The SMILES string of the molecule is Cc1cccc2[nH]c(-c3cn[nH]c3)nc12. The number of aromatic amines is 2. The van der Waals surface area contributed by atoms with Crippen molar-refractivity contribution in [3.63, 3.8) is 0 Å². The number of hydrogen-bond donors (Lipinski definition) is 2. The number of aromatic nitrogens is 4. The molecule has 4 heteroatoms. The summed E-state index contributed by atoms with van der Waals surface area (Å²) in [4.78, 5) is 7.81. The Hall–Kier alpha value is -2.10. The van der Waals surface area contributed by atoms with Crippen molar-refractivity contribution in [1.82, 2.24) is 20.2 Å². The van der Waals surface area contributed by atoms with Crippen molar-refractivity contribution in [2.75, 3.05) is 0 Å². The predicted molar refractivity (Wildman–Crippen MR) is 58.4 cm³/mol. The number of aryl methyl sites for hydroxylation is 1. The first-order chi connectivity index (χ1) is 7.34. The van der Waals surface area contributed by atoms with Gasteiger partial charge in [0, 0.05) is 6.20 Å². The standard InChI is InChI=1S/C11H10N4/c1-7-3-2-4-9-10(7)15-11(14-9)8-5-12-13-6-8/h2-6H,1H3,(H,12,13)(H,14,15). The van der Waals surface area contributed by atoms with Crippen LogP contribution in [0, 0.1) is 6.92 Å². The van der Waals surface area contributed by atoms with Gasteiger partial charge in [0.1, 0.15) is 5.82 Å². The Balaban J connectivity index is 2.27. The van der Waals surface area contributed by atoms with E-state index in [0.29, 0.717) is 0 Å². The number of rotatable bonds is 1. The first-order valence-electron chi connectivity index (χ1n) is 4.79. The fraction of sp³-hybridized carbons (Fsp3) is 0.0909. The number of hydrogen-bond acceptors (Lipinski definition) is 2. The van der Waals surface area contributed by atoms with Crippen LogP contribution in [0.15, 0.2) is 30.6 Å². The summed E-state index contributed by atoms with van der Waals surface area (Å²) in [6, 6.07) is 6.11. The van der Waals surface area contributed by atoms with E-state index in [1.54, 1.807) is 6.20 Å². The van der Waals surface area contributed by atoms with Gasteiger partial charge in [-0.15, -0.1) is 0 Å². The highest BCUT2D eigenvalue weighted by Gasteiger charge is 2.06. The van der Waals surface area contributed by atoms with E-state index < -0.39 is 0 Å². The lowest BCUT2D eigenvalue weighted by atomic mass is 10.2. The molecule has 0 amide bonds. The Kier molecular flexibility index (Phi) is 1.62. The molecule has 0 spiro atoms. The summed E-state index contributed by atoms with van der Waals surface area (Å²) in [6.07, 6.45) is 3.58. The van der Waals surface area contributed by atoms with Gasteiger partial charge in [-0.05, 0) is 18.6 Å². The van der Waals surface area contributed by atoms with E-state index in [4.69, 9.17) is 0 Å². The lowest BCUT2D eigenvalue weighted by molar-refractivity contribution is 1.09. The zero-order valence-electron chi connectivity index (χ0n) is 8.28. The average Bonchev–Trinajstić information content (AvgIpc) is 2.86. The van der Waals surface area contributed by atoms with Gasteiger partial charge in [0.25, 0.3) is 0 Å². The molecule has 3 rings (SSSR count). The molecule has 1 aromatic carbocycles. The normalized spacial score (nSPS) is 11.0. The lowest BCUT2D eigenvalue weighted by Gasteiger charge is -1.90. The molecular formula is C11H10N4. The Bertz CT molecular complexity index is 592. The summed E-state index contributed by atoms with van der Waals surface area (Å²) < 4.78 is 0. The van der Waals surface area contributed by atoms with Gasteiger partial charge in [-0.1, -0.05) is 12.1 Å². The number of nitrogens with zero attached hydrogens (tertiary/aromatic N) is 2. The third kappa shape index (κ3) is 1.22. The molecule has 4 nitrogen and oxygen atoms in total. The highest BCUT2D eigenvalue weighted by Crippen LogP contribution is 2.21. The monoisotopic (exact) mass is 198 g/mol. The Labute approximate surface area is 86.4 Å². The molecule has 2 heterocycles. The Morgan fingerprint density at radius 3 is 2.93 bits per heavy atom.